The van der Waals surface area contributed by atoms with Gasteiger partial charge in [-0.3, -0.25) is 4.57 Å². The summed E-state index contributed by atoms with van der Waals surface area (Å²) in [6.07, 6.45) is 0. The van der Waals surface area contributed by atoms with Crippen LogP contribution in [0, 0.1) is 11.7 Å². The highest BCUT2D eigenvalue weighted by Crippen LogP contribution is 2.25. The minimum atomic E-state index is 0.704. The molecule has 5 heteroatoms. The Bertz CT molecular complexity index is 833. The van der Waals surface area contributed by atoms with Crippen LogP contribution in [0.15, 0.2) is 45.3 Å². The van der Waals surface area contributed by atoms with E-state index in [1.54, 1.807) is 0 Å². The Hall–Kier alpha value is -0.910. The number of rotatable bonds is 1. The zero-order chi connectivity index (χ0) is 13.6. The lowest BCUT2D eigenvalue weighted by Gasteiger charge is -2.07. The highest BCUT2D eigenvalue weighted by Gasteiger charge is 2.08. The molecule has 0 radical (unpaired) electrons. The topological polar surface area (TPSA) is 20.7 Å². The molecule has 3 rings (SSSR count). The van der Waals surface area contributed by atoms with Gasteiger partial charge in [0.15, 0.2) is 4.77 Å². The maximum atomic E-state index is 5.43. The SMILES string of the molecule is Cc1cc(-n2c(=S)[nH]c3ccc(Br)cc32)ccc1Br. The van der Waals surface area contributed by atoms with E-state index in [9.17, 15) is 0 Å². The Morgan fingerprint density at radius 3 is 2.63 bits per heavy atom. The monoisotopic (exact) mass is 396 g/mol. The van der Waals surface area contributed by atoms with Crippen LogP contribution >= 0.6 is 44.1 Å². The van der Waals surface area contributed by atoms with Crippen molar-refractivity contribution in [3.8, 4) is 5.69 Å². The molecule has 0 aliphatic carbocycles. The Morgan fingerprint density at radius 1 is 1.11 bits per heavy atom. The molecule has 0 amide bonds. The van der Waals surface area contributed by atoms with Gasteiger partial charge in [0.25, 0.3) is 0 Å². The van der Waals surface area contributed by atoms with E-state index in [0.29, 0.717) is 4.77 Å². The fourth-order valence-electron chi connectivity index (χ4n) is 2.10. The van der Waals surface area contributed by atoms with Crippen molar-refractivity contribution in [2.24, 2.45) is 0 Å². The average molecular weight is 398 g/mol. The fourth-order valence-corrected chi connectivity index (χ4v) is 3.01. The molecule has 0 spiro atoms. The van der Waals surface area contributed by atoms with Gasteiger partial charge in [-0.15, -0.1) is 0 Å². The molecule has 1 aromatic heterocycles. The van der Waals surface area contributed by atoms with Crippen molar-refractivity contribution in [2.45, 2.75) is 6.92 Å². The van der Waals surface area contributed by atoms with E-state index < -0.39 is 0 Å². The molecule has 0 bridgehead atoms. The molecule has 2 aromatic carbocycles. The van der Waals surface area contributed by atoms with Crippen LogP contribution in [-0.4, -0.2) is 9.55 Å². The molecule has 1 heterocycles. The standard InChI is InChI=1S/C14H10Br2N2S/c1-8-6-10(3-4-11(8)16)18-13-7-9(15)2-5-12(13)17-14(18)19/h2-7H,1H3,(H,17,19). The van der Waals surface area contributed by atoms with Gasteiger partial charge in [0.1, 0.15) is 0 Å². The molecule has 2 nitrogen and oxygen atoms in total. The van der Waals surface area contributed by atoms with Gasteiger partial charge in [-0.25, -0.2) is 0 Å². The number of nitrogens with zero attached hydrogens (tertiary/aromatic N) is 1. The van der Waals surface area contributed by atoms with Crippen molar-refractivity contribution in [3.05, 3.63) is 55.7 Å². The summed E-state index contributed by atoms with van der Waals surface area (Å²) in [6.45, 7) is 2.07. The lowest BCUT2D eigenvalue weighted by molar-refractivity contribution is 1.06. The summed E-state index contributed by atoms with van der Waals surface area (Å²) in [6, 6.07) is 12.3. The van der Waals surface area contributed by atoms with Crippen LogP contribution < -0.4 is 0 Å². The highest BCUT2D eigenvalue weighted by molar-refractivity contribution is 9.10. The Balaban J connectivity index is 2.35. The van der Waals surface area contributed by atoms with Crippen molar-refractivity contribution in [1.29, 1.82) is 0 Å². The first kappa shape index (κ1) is 13.1. The van der Waals surface area contributed by atoms with Gasteiger partial charge in [-0.2, -0.15) is 0 Å². The fraction of sp³-hybridized carbons (Fsp3) is 0.0714. The summed E-state index contributed by atoms with van der Waals surface area (Å²) in [5.41, 5.74) is 4.36. The summed E-state index contributed by atoms with van der Waals surface area (Å²) >= 11 is 12.5. The number of H-pyrrole nitrogens is 1. The molecular weight excluding hydrogens is 388 g/mol. The second-order valence-corrected chi connectivity index (χ2v) is 6.52. The first-order chi connectivity index (χ1) is 9.06. The number of hydrogen-bond donors (Lipinski definition) is 1. The summed E-state index contributed by atoms with van der Waals surface area (Å²) < 4.78 is 4.89. The molecule has 0 atom stereocenters. The normalized spacial score (nSPS) is 11.1. The van der Waals surface area contributed by atoms with Gasteiger partial charge in [0.05, 0.1) is 11.0 Å². The van der Waals surface area contributed by atoms with Crippen molar-refractivity contribution in [1.82, 2.24) is 9.55 Å². The van der Waals surface area contributed by atoms with Gasteiger partial charge in [-0.05, 0) is 61.1 Å². The number of aromatic nitrogens is 2. The van der Waals surface area contributed by atoms with E-state index in [4.69, 9.17) is 12.2 Å². The summed E-state index contributed by atoms with van der Waals surface area (Å²) in [5.74, 6) is 0. The number of nitrogens with one attached hydrogen (secondary N) is 1. The molecule has 0 fully saturated rings. The third kappa shape index (κ3) is 2.30. The zero-order valence-electron chi connectivity index (χ0n) is 10.1. The lowest BCUT2D eigenvalue weighted by Crippen LogP contribution is -1.94. The first-order valence-corrected chi connectivity index (χ1v) is 7.72. The maximum Gasteiger partial charge on any atom is 0.182 e. The van der Waals surface area contributed by atoms with E-state index in [2.05, 4.69) is 66.5 Å². The third-order valence-corrected chi connectivity index (χ3v) is 4.71. The number of hydrogen-bond acceptors (Lipinski definition) is 1. The van der Waals surface area contributed by atoms with Crippen LogP contribution in [0.3, 0.4) is 0 Å². The number of aromatic amines is 1. The van der Waals surface area contributed by atoms with Gasteiger partial charge < -0.3 is 4.98 Å². The number of halogens is 2. The quantitative estimate of drug-likeness (QED) is 0.536. The van der Waals surface area contributed by atoms with Crippen LogP contribution in [0.4, 0.5) is 0 Å². The second-order valence-electron chi connectivity index (χ2n) is 4.36. The highest BCUT2D eigenvalue weighted by atomic mass is 79.9. The average Bonchev–Trinajstić information content (AvgIpc) is 2.68. The van der Waals surface area contributed by atoms with E-state index in [1.807, 2.05) is 18.2 Å². The van der Waals surface area contributed by atoms with Gasteiger partial charge in [0, 0.05) is 14.6 Å². The Morgan fingerprint density at radius 2 is 1.89 bits per heavy atom. The maximum absolute atomic E-state index is 5.43. The molecule has 3 aromatic rings. The number of fused-ring (bicyclic) bond motifs is 1. The molecule has 0 saturated heterocycles. The molecule has 96 valence electrons. The number of benzene rings is 2. The van der Waals surface area contributed by atoms with Crippen LogP contribution in [0.2, 0.25) is 0 Å². The Labute approximate surface area is 132 Å². The summed E-state index contributed by atoms with van der Waals surface area (Å²) in [7, 11) is 0. The van der Waals surface area contributed by atoms with E-state index in [0.717, 1.165) is 25.7 Å². The Kier molecular flexibility index (Phi) is 3.37. The molecule has 1 N–H and O–H groups in total. The number of imidazole rings is 1. The smallest absolute Gasteiger partial charge is 0.182 e. The van der Waals surface area contributed by atoms with Crippen LogP contribution in [0.25, 0.3) is 16.7 Å². The molecule has 0 aliphatic rings. The largest absolute Gasteiger partial charge is 0.330 e. The van der Waals surface area contributed by atoms with Crippen LogP contribution in [-0.2, 0) is 0 Å². The van der Waals surface area contributed by atoms with Crippen molar-refractivity contribution in [3.63, 3.8) is 0 Å². The lowest BCUT2D eigenvalue weighted by atomic mass is 10.2. The second kappa shape index (κ2) is 4.89. The van der Waals surface area contributed by atoms with Gasteiger partial charge in [0.2, 0.25) is 0 Å². The summed E-state index contributed by atoms with van der Waals surface area (Å²) in [5, 5.41) is 0. The van der Waals surface area contributed by atoms with Gasteiger partial charge >= 0.3 is 0 Å². The molecular formula is C14H10Br2N2S. The first-order valence-electron chi connectivity index (χ1n) is 5.73. The predicted molar refractivity (Wildman–Crippen MR) is 88.6 cm³/mol. The zero-order valence-corrected chi connectivity index (χ0v) is 14.1. The van der Waals surface area contributed by atoms with Crippen LogP contribution in [0.1, 0.15) is 5.56 Å². The minimum Gasteiger partial charge on any atom is -0.330 e. The van der Waals surface area contributed by atoms with Crippen molar-refractivity contribution < 1.29 is 0 Å². The van der Waals surface area contributed by atoms with Crippen molar-refractivity contribution in [2.75, 3.05) is 0 Å². The molecule has 19 heavy (non-hydrogen) atoms. The molecule has 0 aliphatic heterocycles. The molecule has 0 unspecified atom stereocenters. The molecule has 0 saturated carbocycles. The van der Waals surface area contributed by atoms with Crippen LogP contribution in [0.5, 0.6) is 0 Å². The van der Waals surface area contributed by atoms with E-state index >= 15 is 0 Å². The van der Waals surface area contributed by atoms with Gasteiger partial charge in [-0.1, -0.05) is 31.9 Å². The third-order valence-electron chi connectivity index (χ3n) is 3.05. The minimum absolute atomic E-state index is 0.704. The van der Waals surface area contributed by atoms with E-state index in [-0.39, 0.29) is 0 Å². The van der Waals surface area contributed by atoms with Crippen molar-refractivity contribution >= 4 is 55.1 Å². The number of aryl methyl sites for hydroxylation is 1. The van der Waals surface area contributed by atoms with E-state index in [1.165, 1.54) is 5.56 Å². The predicted octanol–water partition coefficient (Wildman–Crippen LogP) is 5.52. The summed E-state index contributed by atoms with van der Waals surface area (Å²) in [4.78, 5) is 3.23.